The summed E-state index contributed by atoms with van der Waals surface area (Å²) in [5.74, 6) is 0. The van der Waals surface area contributed by atoms with Gasteiger partial charge < -0.3 is 19.6 Å². The third-order valence-corrected chi connectivity index (χ3v) is 2.52. The Morgan fingerprint density at radius 1 is 1.44 bits per heavy atom. The zero-order valence-corrected chi connectivity index (χ0v) is 10.6. The van der Waals surface area contributed by atoms with Crippen LogP contribution in [0, 0.1) is 0 Å². The molecule has 0 aromatic carbocycles. The molecule has 1 rings (SSSR count). The van der Waals surface area contributed by atoms with E-state index in [1.165, 1.54) is 0 Å². The average Bonchev–Trinajstić information content (AvgIpc) is 2.14. The molecule has 1 unspecified atom stereocenters. The van der Waals surface area contributed by atoms with E-state index >= 15 is 0 Å². The maximum Gasteiger partial charge on any atom is 0.410 e. The molecule has 1 amide bonds. The van der Waals surface area contributed by atoms with E-state index in [1.54, 1.807) is 4.90 Å². The summed E-state index contributed by atoms with van der Waals surface area (Å²) in [6.45, 7) is 7.62. The molecule has 1 N–H and O–H groups in total. The van der Waals surface area contributed by atoms with E-state index in [0.29, 0.717) is 13.1 Å². The highest BCUT2D eigenvalue weighted by Crippen LogP contribution is 2.14. The second kappa shape index (κ2) is 5.01. The van der Waals surface area contributed by atoms with Gasteiger partial charge in [-0.25, -0.2) is 4.79 Å². The Morgan fingerprint density at radius 3 is 2.56 bits per heavy atom. The van der Waals surface area contributed by atoms with Gasteiger partial charge in [-0.05, 0) is 27.8 Å². The fraction of sp³-hybridized carbons (Fsp3) is 0.909. The van der Waals surface area contributed by atoms with Crippen molar-refractivity contribution in [1.29, 1.82) is 0 Å². The molecule has 5 nitrogen and oxygen atoms in total. The second-order valence-electron chi connectivity index (χ2n) is 5.27. The van der Waals surface area contributed by atoms with Gasteiger partial charge in [0.1, 0.15) is 5.60 Å². The van der Waals surface area contributed by atoms with Crippen LogP contribution in [0.4, 0.5) is 4.79 Å². The molecule has 1 saturated heterocycles. The summed E-state index contributed by atoms with van der Waals surface area (Å²) in [6.07, 6.45) is -0.334. The van der Waals surface area contributed by atoms with Gasteiger partial charge in [0, 0.05) is 19.6 Å². The van der Waals surface area contributed by atoms with Gasteiger partial charge in [-0.3, -0.25) is 0 Å². The topological polar surface area (TPSA) is 53.0 Å². The summed E-state index contributed by atoms with van der Waals surface area (Å²) in [5, 5.41) is 9.25. The van der Waals surface area contributed by atoms with E-state index < -0.39 is 5.60 Å². The molecule has 1 aliphatic heterocycles. The van der Waals surface area contributed by atoms with E-state index in [4.69, 9.17) is 4.74 Å². The van der Waals surface area contributed by atoms with Gasteiger partial charge in [0.25, 0.3) is 0 Å². The minimum absolute atomic E-state index is 0.0242. The van der Waals surface area contributed by atoms with Crippen LogP contribution < -0.4 is 0 Å². The van der Waals surface area contributed by atoms with E-state index in [2.05, 4.69) is 4.90 Å². The number of carbonyl (C=O) groups is 1. The maximum atomic E-state index is 11.9. The number of nitrogens with zero attached hydrogens (tertiary/aromatic N) is 2. The Bertz CT molecular complexity index is 250. The third-order valence-electron chi connectivity index (χ3n) is 2.52. The lowest BCUT2D eigenvalue weighted by molar-refractivity contribution is -0.00808. The first-order valence-electron chi connectivity index (χ1n) is 5.62. The van der Waals surface area contributed by atoms with Gasteiger partial charge in [0.15, 0.2) is 0 Å². The van der Waals surface area contributed by atoms with Crippen molar-refractivity contribution in [2.45, 2.75) is 32.4 Å². The number of amides is 1. The van der Waals surface area contributed by atoms with Gasteiger partial charge in [-0.2, -0.15) is 0 Å². The molecule has 1 aliphatic rings. The molecule has 1 fully saturated rings. The number of hydrogen-bond donors (Lipinski definition) is 1. The first kappa shape index (κ1) is 13.3. The predicted molar refractivity (Wildman–Crippen MR) is 61.3 cm³/mol. The Morgan fingerprint density at radius 2 is 2.06 bits per heavy atom. The summed E-state index contributed by atoms with van der Waals surface area (Å²) in [7, 11) is 1.98. The van der Waals surface area contributed by atoms with E-state index in [9.17, 15) is 9.90 Å². The van der Waals surface area contributed by atoms with Gasteiger partial charge in [0.2, 0.25) is 0 Å². The SMILES string of the molecule is CN1CCN(C(=O)OC(C)(C)C)C(CO)C1. The van der Waals surface area contributed by atoms with Crippen LogP contribution in [0.2, 0.25) is 0 Å². The molecule has 0 saturated carbocycles. The van der Waals surface area contributed by atoms with Crippen LogP contribution in [0.1, 0.15) is 20.8 Å². The van der Waals surface area contributed by atoms with Crippen LogP contribution >= 0.6 is 0 Å². The maximum absolute atomic E-state index is 11.9. The van der Waals surface area contributed by atoms with Crippen molar-refractivity contribution in [3.05, 3.63) is 0 Å². The highest BCUT2D eigenvalue weighted by Gasteiger charge is 2.31. The highest BCUT2D eigenvalue weighted by atomic mass is 16.6. The smallest absolute Gasteiger partial charge is 0.410 e. The lowest BCUT2D eigenvalue weighted by atomic mass is 10.2. The van der Waals surface area contributed by atoms with E-state index in [-0.39, 0.29) is 18.7 Å². The molecule has 1 heterocycles. The number of hydrogen-bond acceptors (Lipinski definition) is 4. The van der Waals surface area contributed by atoms with Crippen LogP contribution in [0.15, 0.2) is 0 Å². The highest BCUT2D eigenvalue weighted by molar-refractivity contribution is 5.68. The Kier molecular flexibility index (Phi) is 4.15. The van der Waals surface area contributed by atoms with Crippen LogP contribution in [0.3, 0.4) is 0 Å². The molecule has 0 spiro atoms. The summed E-state index contributed by atoms with van der Waals surface area (Å²) in [5.41, 5.74) is -0.486. The number of piperazine rings is 1. The van der Waals surface area contributed by atoms with Gasteiger partial charge in [0.05, 0.1) is 12.6 Å². The molecule has 0 bridgehead atoms. The summed E-state index contributed by atoms with van der Waals surface area (Å²) in [4.78, 5) is 15.6. The lowest BCUT2D eigenvalue weighted by Crippen LogP contribution is -2.56. The monoisotopic (exact) mass is 230 g/mol. The number of aliphatic hydroxyl groups is 1. The molecule has 5 heteroatoms. The molecule has 94 valence electrons. The predicted octanol–water partition coefficient (Wildman–Crippen LogP) is 0.530. The van der Waals surface area contributed by atoms with Gasteiger partial charge >= 0.3 is 6.09 Å². The van der Waals surface area contributed by atoms with Crippen molar-refractivity contribution in [3.63, 3.8) is 0 Å². The van der Waals surface area contributed by atoms with E-state index in [0.717, 1.165) is 6.54 Å². The standard InChI is InChI=1S/C11H22N2O3/c1-11(2,3)16-10(15)13-6-5-12(4)7-9(13)8-14/h9,14H,5-8H2,1-4H3. The molecule has 0 aromatic heterocycles. The molecule has 16 heavy (non-hydrogen) atoms. The molecule has 0 aliphatic carbocycles. The van der Waals surface area contributed by atoms with Crippen molar-refractivity contribution in [2.24, 2.45) is 0 Å². The largest absolute Gasteiger partial charge is 0.444 e. The van der Waals surface area contributed by atoms with Crippen molar-refractivity contribution < 1.29 is 14.6 Å². The first-order valence-corrected chi connectivity index (χ1v) is 5.62. The zero-order chi connectivity index (χ0) is 12.3. The number of carbonyl (C=O) groups excluding carboxylic acids is 1. The quantitative estimate of drug-likeness (QED) is 0.714. The molecule has 0 aromatic rings. The number of likely N-dealkylation sites (N-methyl/N-ethyl adjacent to an activating group) is 1. The van der Waals surface area contributed by atoms with Crippen molar-refractivity contribution in [3.8, 4) is 0 Å². The van der Waals surface area contributed by atoms with Crippen LogP contribution in [0.25, 0.3) is 0 Å². The summed E-state index contributed by atoms with van der Waals surface area (Å²) < 4.78 is 5.30. The normalized spacial score (nSPS) is 23.3. The van der Waals surface area contributed by atoms with Gasteiger partial charge in [-0.1, -0.05) is 0 Å². The minimum atomic E-state index is -0.486. The Labute approximate surface area is 97.0 Å². The fourth-order valence-electron chi connectivity index (χ4n) is 1.73. The molecular weight excluding hydrogens is 208 g/mol. The van der Waals surface area contributed by atoms with Crippen LogP contribution in [0.5, 0.6) is 0 Å². The number of rotatable bonds is 1. The van der Waals surface area contributed by atoms with Crippen molar-refractivity contribution >= 4 is 6.09 Å². The second-order valence-corrected chi connectivity index (χ2v) is 5.27. The average molecular weight is 230 g/mol. The summed E-state index contributed by atoms with van der Waals surface area (Å²) in [6, 6.07) is -0.159. The number of aliphatic hydroxyl groups excluding tert-OH is 1. The molecule has 1 atom stereocenters. The van der Waals surface area contributed by atoms with E-state index in [1.807, 2.05) is 27.8 Å². The third kappa shape index (κ3) is 3.64. The first-order chi connectivity index (χ1) is 7.33. The zero-order valence-electron chi connectivity index (χ0n) is 10.6. The summed E-state index contributed by atoms with van der Waals surface area (Å²) >= 11 is 0. The van der Waals surface area contributed by atoms with Crippen molar-refractivity contribution in [1.82, 2.24) is 9.80 Å². The fourth-order valence-corrected chi connectivity index (χ4v) is 1.73. The molecule has 0 radical (unpaired) electrons. The lowest BCUT2D eigenvalue weighted by Gasteiger charge is -2.39. The Hall–Kier alpha value is -0.810. The molecular formula is C11H22N2O3. The minimum Gasteiger partial charge on any atom is -0.444 e. The van der Waals surface area contributed by atoms with Gasteiger partial charge in [-0.15, -0.1) is 0 Å². The van der Waals surface area contributed by atoms with Crippen molar-refractivity contribution in [2.75, 3.05) is 33.3 Å². The Balaban J connectivity index is 2.60. The van der Waals surface area contributed by atoms with Crippen LogP contribution in [-0.4, -0.2) is 65.9 Å². The van der Waals surface area contributed by atoms with Crippen LogP contribution in [-0.2, 0) is 4.74 Å². The number of ether oxygens (including phenoxy) is 1.